The fourth-order valence-corrected chi connectivity index (χ4v) is 2.61. The van der Waals surface area contributed by atoms with Gasteiger partial charge in [0.25, 0.3) is 0 Å². The lowest BCUT2D eigenvalue weighted by molar-refractivity contribution is 0.101. The molecule has 0 aliphatic carbocycles. The highest BCUT2D eigenvalue weighted by molar-refractivity contribution is 6.14. The van der Waals surface area contributed by atoms with E-state index in [2.05, 4.69) is 0 Å². The second-order valence-electron chi connectivity index (χ2n) is 5.45. The summed E-state index contributed by atoms with van der Waals surface area (Å²) in [5, 5.41) is 8.63. The van der Waals surface area contributed by atoms with Crippen molar-refractivity contribution in [2.24, 2.45) is 0 Å². The van der Waals surface area contributed by atoms with Crippen LogP contribution in [0.15, 0.2) is 42.2 Å². The minimum absolute atomic E-state index is 0.0531. The number of hydrogen-bond donors (Lipinski definition) is 0. The maximum Gasteiger partial charge on any atom is 0.231 e. The smallest absolute Gasteiger partial charge is 0.231 e. The Bertz CT molecular complexity index is 876. The molecule has 3 rings (SSSR count). The van der Waals surface area contributed by atoms with E-state index in [0.717, 1.165) is 11.3 Å². The monoisotopic (exact) mass is 335 g/mol. The second kappa shape index (κ2) is 7.10. The molecule has 1 aliphatic heterocycles. The molecule has 0 fully saturated rings. The van der Waals surface area contributed by atoms with Gasteiger partial charge in [0.15, 0.2) is 12.4 Å². The number of carbonyl (C=O) groups excluding carboxylic acids is 1. The van der Waals surface area contributed by atoms with E-state index in [0.29, 0.717) is 29.2 Å². The third-order valence-electron chi connectivity index (χ3n) is 3.82. The Morgan fingerprint density at radius 1 is 1.16 bits per heavy atom. The topological polar surface area (TPSA) is 68.6 Å². The van der Waals surface area contributed by atoms with Crippen LogP contribution in [0.25, 0.3) is 6.08 Å². The molecule has 1 heterocycles. The van der Waals surface area contributed by atoms with Gasteiger partial charge >= 0.3 is 0 Å². The van der Waals surface area contributed by atoms with Crippen molar-refractivity contribution >= 4 is 11.9 Å². The van der Waals surface area contributed by atoms with Crippen molar-refractivity contribution < 1.29 is 19.0 Å². The Hall–Kier alpha value is -3.26. The number of Topliss-reactive ketones (excluding diaryl/α,β-unsaturated/α-hetero) is 1. The highest BCUT2D eigenvalue weighted by atomic mass is 16.5. The van der Waals surface area contributed by atoms with E-state index in [1.165, 1.54) is 0 Å². The summed E-state index contributed by atoms with van der Waals surface area (Å²) in [4.78, 5) is 12.5. The molecule has 0 amide bonds. The Morgan fingerprint density at radius 2 is 1.92 bits per heavy atom. The molecule has 0 saturated heterocycles. The number of ether oxygens (including phenoxy) is 3. The van der Waals surface area contributed by atoms with E-state index in [-0.39, 0.29) is 18.1 Å². The summed E-state index contributed by atoms with van der Waals surface area (Å²) >= 11 is 0. The van der Waals surface area contributed by atoms with Gasteiger partial charge in [0.2, 0.25) is 5.78 Å². The molecule has 0 N–H and O–H groups in total. The number of fused-ring (bicyclic) bond motifs is 1. The van der Waals surface area contributed by atoms with Gasteiger partial charge in [-0.15, -0.1) is 0 Å². The third kappa shape index (κ3) is 3.33. The van der Waals surface area contributed by atoms with Crippen LogP contribution in [0.3, 0.4) is 0 Å². The van der Waals surface area contributed by atoms with Gasteiger partial charge in [-0.05, 0) is 49.8 Å². The van der Waals surface area contributed by atoms with Crippen molar-refractivity contribution in [2.75, 3.05) is 13.2 Å². The number of benzene rings is 2. The predicted octanol–water partition coefficient (Wildman–Crippen LogP) is 3.91. The average molecular weight is 335 g/mol. The summed E-state index contributed by atoms with van der Waals surface area (Å²) in [6, 6.07) is 12.7. The lowest BCUT2D eigenvalue weighted by Gasteiger charge is -2.08. The van der Waals surface area contributed by atoms with E-state index in [4.69, 9.17) is 19.5 Å². The largest absolute Gasteiger partial charge is 0.494 e. The normalized spacial score (nSPS) is 14.0. The molecule has 1 aliphatic rings. The van der Waals surface area contributed by atoms with Gasteiger partial charge in [-0.2, -0.15) is 5.26 Å². The lowest BCUT2D eigenvalue weighted by Crippen LogP contribution is -1.98. The molecule has 126 valence electrons. The molecule has 0 unspecified atom stereocenters. The minimum atomic E-state index is -0.168. The quantitative estimate of drug-likeness (QED) is 0.775. The Labute approximate surface area is 146 Å². The first-order valence-corrected chi connectivity index (χ1v) is 7.94. The van der Waals surface area contributed by atoms with E-state index in [1.807, 2.05) is 37.3 Å². The molecule has 2 aromatic carbocycles. The molecule has 5 heteroatoms. The van der Waals surface area contributed by atoms with Crippen molar-refractivity contribution in [1.82, 2.24) is 0 Å². The number of nitrogens with zero attached hydrogens (tertiary/aromatic N) is 1. The number of hydrogen-bond acceptors (Lipinski definition) is 5. The summed E-state index contributed by atoms with van der Waals surface area (Å²) in [7, 11) is 0. The zero-order valence-electron chi connectivity index (χ0n) is 14.0. The van der Waals surface area contributed by atoms with Crippen molar-refractivity contribution in [3.8, 4) is 23.3 Å². The van der Waals surface area contributed by atoms with E-state index in [9.17, 15) is 4.79 Å². The summed E-state index contributed by atoms with van der Waals surface area (Å²) in [6.45, 7) is 4.28. The lowest BCUT2D eigenvalue weighted by atomic mass is 10.1. The van der Waals surface area contributed by atoms with Crippen LogP contribution in [-0.2, 0) is 0 Å². The van der Waals surface area contributed by atoms with Crippen LogP contribution >= 0.6 is 0 Å². The van der Waals surface area contributed by atoms with Crippen LogP contribution in [0.5, 0.6) is 17.2 Å². The molecule has 0 atom stereocenters. The van der Waals surface area contributed by atoms with Gasteiger partial charge < -0.3 is 14.2 Å². The molecule has 5 nitrogen and oxygen atoms in total. The first kappa shape index (κ1) is 16.6. The van der Waals surface area contributed by atoms with E-state index < -0.39 is 0 Å². The zero-order chi connectivity index (χ0) is 17.8. The maximum absolute atomic E-state index is 12.5. The molecule has 0 spiro atoms. The van der Waals surface area contributed by atoms with Gasteiger partial charge in [0, 0.05) is 5.56 Å². The van der Waals surface area contributed by atoms with Crippen LogP contribution in [0.4, 0.5) is 0 Å². The van der Waals surface area contributed by atoms with Gasteiger partial charge in [-0.25, -0.2) is 0 Å². The first-order chi connectivity index (χ1) is 12.1. The average Bonchev–Trinajstić information content (AvgIpc) is 2.93. The number of nitriles is 1. The maximum atomic E-state index is 12.5. The number of rotatable bonds is 5. The predicted molar refractivity (Wildman–Crippen MR) is 92.8 cm³/mol. The summed E-state index contributed by atoms with van der Waals surface area (Å²) in [6.07, 6.45) is 1.70. The third-order valence-corrected chi connectivity index (χ3v) is 3.82. The summed E-state index contributed by atoms with van der Waals surface area (Å²) in [5.41, 5.74) is 2.05. The Morgan fingerprint density at radius 3 is 2.60 bits per heavy atom. The first-order valence-electron chi connectivity index (χ1n) is 7.94. The Kier molecular flexibility index (Phi) is 4.71. The van der Waals surface area contributed by atoms with Crippen molar-refractivity contribution in [1.29, 1.82) is 5.26 Å². The number of carbonyl (C=O) groups is 1. The molecular weight excluding hydrogens is 318 g/mol. The van der Waals surface area contributed by atoms with E-state index in [1.54, 1.807) is 25.1 Å². The highest BCUT2D eigenvalue weighted by Crippen LogP contribution is 2.39. The van der Waals surface area contributed by atoms with Gasteiger partial charge in [0.05, 0.1) is 12.2 Å². The SMILES string of the molecule is CCOc1ccc(/C=C2\Oc3c(ccc(OCC#N)c3C)C2=O)cc1. The minimum Gasteiger partial charge on any atom is -0.494 e. The van der Waals surface area contributed by atoms with Crippen molar-refractivity contribution in [3.63, 3.8) is 0 Å². The number of allylic oxidation sites excluding steroid dienone is 1. The van der Waals surface area contributed by atoms with Crippen molar-refractivity contribution in [2.45, 2.75) is 13.8 Å². The summed E-state index contributed by atoms with van der Waals surface area (Å²) < 4.78 is 16.5. The highest BCUT2D eigenvalue weighted by Gasteiger charge is 2.30. The van der Waals surface area contributed by atoms with Crippen LogP contribution in [0.1, 0.15) is 28.4 Å². The van der Waals surface area contributed by atoms with Gasteiger partial charge in [0.1, 0.15) is 23.3 Å². The fraction of sp³-hybridized carbons (Fsp3) is 0.200. The van der Waals surface area contributed by atoms with Crippen LogP contribution < -0.4 is 14.2 Å². The molecule has 0 saturated carbocycles. The van der Waals surface area contributed by atoms with E-state index >= 15 is 0 Å². The Balaban J connectivity index is 1.86. The molecule has 0 bridgehead atoms. The fourth-order valence-electron chi connectivity index (χ4n) is 2.61. The molecule has 25 heavy (non-hydrogen) atoms. The van der Waals surface area contributed by atoms with Crippen LogP contribution in [0, 0.1) is 18.3 Å². The molecular formula is C20H17NO4. The van der Waals surface area contributed by atoms with Crippen LogP contribution in [0.2, 0.25) is 0 Å². The van der Waals surface area contributed by atoms with Crippen LogP contribution in [-0.4, -0.2) is 19.0 Å². The van der Waals surface area contributed by atoms with Crippen molar-refractivity contribution in [3.05, 3.63) is 58.8 Å². The number of ketones is 1. The van der Waals surface area contributed by atoms with Gasteiger partial charge in [-0.3, -0.25) is 4.79 Å². The molecule has 0 aromatic heterocycles. The zero-order valence-corrected chi connectivity index (χ0v) is 14.0. The molecule has 0 radical (unpaired) electrons. The van der Waals surface area contributed by atoms with Gasteiger partial charge in [-0.1, -0.05) is 12.1 Å². The summed E-state index contributed by atoms with van der Waals surface area (Å²) in [5.74, 6) is 1.90. The second-order valence-corrected chi connectivity index (χ2v) is 5.45. The standard InChI is InChI=1S/C20H17NO4/c1-3-23-15-6-4-14(5-7-15)12-18-19(22)16-8-9-17(24-11-10-21)13(2)20(16)25-18/h4-9,12H,3,11H2,1-2H3/b18-12-. The molecule has 2 aromatic rings.